The van der Waals surface area contributed by atoms with Crippen LogP contribution in [0, 0.1) is 6.92 Å². The molecule has 0 aliphatic carbocycles. The molecule has 0 fully saturated rings. The minimum absolute atomic E-state index is 0.249. The summed E-state index contributed by atoms with van der Waals surface area (Å²) >= 11 is 0. The predicted molar refractivity (Wildman–Crippen MR) is 139 cm³/mol. The fourth-order valence-electron chi connectivity index (χ4n) is 3.10. The van der Waals surface area contributed by atoms with Gasteiger partial charge < -0.3 is 19.5 Å². The number of hydrazone groups is 1. The number of nitrogens with zero attached hydrogens (tertiary/aromatic N) is 1. The molecule has 0 radical (unpaired) electrons. The summed E-state index contributed by atoms with van der Waals surface area (Å²) < 4.78 is 16.3. The topological polar surface area (TPSA) is 115 Å². The highest BCUT2D eigenvalue weighted by atomic mass is 16.6. The van der Waals surface area contributed by atoms with Crippen LogP contribution in [-0.4, -0.2) is 44.3 Å². The second-order valence-electron chi connectivity index (χ2n) is 8.01. The van der Waals surface area contributed by atoms with Crippen LogP contribution in [0.25, 0.3) is 0 Å². The summed E-state index contributed by atoms with van der Waals surface area (Å²) in [5.41, 5.74) is 4.82. The number of aryl methyl sites for hydroxylation is 1. The van der Waals surface area contributed by atoms with Crippen LogP contribution >= 0.6 is 0 Å². The Bertz CT molecular complexity index is 1250. The lowest BCUT2D eigenvalue weighted by Gasteiger charge is -2.10. The van der Waals surface area contributed by atoms with Gasteiger partial charge >= 0.3 is 5.97 Å². The number of rotatable bonds is 11. The Labute approximate surface area is 215 Å². The van der Waals surface area contributed by atoms with E-state index >= 15 is 0 Å². The Balaban J connectivity index is 1.49. The first-order valence-electron chi connectivity index (χ1n) is 11.7. The maximum absolute atomic E-state index is 12.4. The molecule has 0 heterocycles. The van der Waals surface area contributed by atoms with E-state index in [4.69, 9.17) is 14.2 Å². The second-order valence-corrected chi connectivity index (χ2v) is 8.01. The molecule has 0 spiro atoms. The third kappa shape index (κ3) is 8.21. The first-order chi connectivity index (χ1) is 17.9. The van der Waals surface area contributed by atoms with Crippen LogP contribution in [0.3, 0.4) is 0 Å². The van der Waals surface area contributed by atoms with Gasteiger partial charge in [-0.1, -0.05) is 24.6 Å². The molecule has 0 saturated heterocycles. The van der Waals surface area contributed by atoms with E-state index in [-0.39, 0.29) is 18.2 Å². The number of carbonyl (C=O) groups excluding carboxylic acids is 3. The molecule has 0 aliphatic heterocycles. The van der Waals surface area contributed by atoms with E-state index in [9.17, 15) is 14.4 Å². The number of hydrogen-bond acceptors (Lipinski definition) is 7. The van der Waals surface area contributed by atoms with Gasteiger partial charge in [-0.2, -0.15) is 5.10 Å². The number of ether oxygens (including phenoxy) is 3. The lowest BCUT2D eigenvalue weighted by molar-refractivity contribution is -0.120. The van der Waals surface area contributed by atoms with Crippen molar-refractivity contribution in [3.05, 3.63) is 89.0 Å². The number of esters is 1. The van der Waals surface area contributed by atoms with E-state index < -0.39 is 11.9 Å². The molecule has 0 aliphatic rings. The molecule has 3 aromatic rings. The molecule has 3 rings (SSSR count). The monoisotopic (exact) mass is 503 g/mol. The molecule has 3 aromatic carbocycles. The fourth-order valence-corrected chi connectivity index (χ4v) is 3.10. The lowest BCUT2D eigenvalue weighted by Crippen LogP contribution is -2.34. The first-order valence-corrected chi connectivity index (χ1v) is 11.7. The highest BCUT2D eigenvalue weighted by Gasteiger charge is 2.13. The molecule has 0 bridgehead atoms. The van der Waals surface area contributed by atoms with Crippen LogP contribution < -0.4 is 25.0 Å². The van der Waals surface area contributed by atoms with Gasteiger partial charge in [0.2, 0.25) is 0 Å². The molecule has 192 valence electrons. The number of carbonyl (C=O) groups is 3. The molecule has 9 nitrogen and oxygen atoms in total. The van der Waals surface area contributed by atoms with Crippen molar-refractivity contribution in [3.8, 4) is 17.2 Å². The van der Waals surface area contributed by atoms with Crippen molar-refractivity contribution in [3.63, 3.8) is 0 Å². The summed E-state index contributed by atoms with van der Waals surface area (Å²) in [6.07, 6.45) is 2.30. The van der Waals surface area contributed by atoms with E-state index in [1.165, 1.54) is 13.3 Å². The fraction of sp³-hybridized carbons (Fsp3) is 0.214. The van der Waals surface area contributed by atoms with Crippen LogP contribution in [0.5, 0.6) is 17.2 Å². The van der Waals surface area contributed by atoms with Gasteiger partial charge in [-0.3, -0.25) is 9.59 Å². The molecule has 0 atom stereocenters. The number of nitrogens with one attached hydrogen (secondary N) is 2. The Hall–Kier alpha value is -4.66. The van der Waals surface area contributed by atoms with Gasteiger partial charge in [0.05, 0.1) is 32.0 Å². The van der Waals surface area contributed by atoms with Crippen molar-refractivity contribution in [1.29, 1.82) is 0 Å². The number of amides is 2. The minimum Gasteiger partial charge on any atom is -0.494 e. The molecule has 0 aromatic heterocycles. The van der Waals surface area contributed by atoms with E-state index in [2.05, 4.69) is 15.8 Å². The number of methoxy groups -OCH3 is 1. The highest BCUT2D eigenvalue weighted by Crippen LogP contribution is 2.28. The summed E-state index contributed by atoms with van der Waals surface area (Å²) in [5, 5.41) is 6.43. The van der Waals surface area contributed by atoms with Crippen molar-refractivity contribution < 1.29 is 28.6 Å². The average Bonchev–Trinajstić information content (AvgIpc) is 2.91. The highest BCUT2D eigenvalue weighted by molar-refractivity contribution is 5.96. The maximum Gasteiger partial charge on any atom is 0.343 e. The maximum atomic E-state index is 12.4. The van der Waals surface area contributed by atoms with Crippen LogP contribution in [0.15, 0.2) is 71.8 Å². The minimum atomic E-state index is -0.505. The molecule has 2 amide bonds. The second kappa shape index (κ2) is 13.4. The van der Waals surface area contributed by atoms with E-state index in [1.54, 1.807) is 54.6 Å². The van der Waals surface area contributed by atoms with Gasteiger partial charge in [-0.25, -0.2) is 10.2 Å². The molecule has 2 N–H and O–H groups in total. The van der Waals surface area contributed by atoms with Crippen LogP contribution in [0.4, 0.5) is 0 Å². The summed E-state index contributed by atoms with van der Waals surface area (Å²) in [4.78, 5) is 36.7. The standard InChI is InChI=1S/C28H29N3O6/c1-4-15-36-23-12-10-21(11-13-23)27(33)29-18-26(32)31-30-17-20-7-14-24(25(16-20)35-3)37-28(34)22-8-5-19(2)6-9-22/h5-14,16-17H,4,15,18H2,1-3H3,(H,29,33)(H,31,32). The number of benzene rings is 3. The van der Waals surface area contributed by atoms with Crippen molar-refractivity contribution in [2.75, 3.05) is 20.3 Å². The Morgan fingerprint density at radius 2 is 1.62 bits per heavy atom. The van der Waals surface area contributed by atoms with E-state index in [0.717, 1.165) is 12.0 Å². The molecular weight excluding hydrogens is 474 g/mol. The zero-order chi connectivity index (χ0) is 26.6. The Morgan fingerprint density at radius 3 is 2.30 bits per heavy atom. The van der Waals surface area contributed by atoms with Crippen LogP contribution in [0.2, 0.25) is 0 Å². The molecule has 0 unspecified atom stereocenters. The third-order valence-corrected chi connectivity index (χ3v) is 5.08. The van der Waals surface area contributed by atoms with E-state index in [1.807, 2.05) is 26.0 Å². The van der Waals surface area contributed by atoms with Crippen molar-refractivity contribution >= 4 is 24.0 Å². The largest absolute Gasteiger partial charge is 0.494 e. The summed E-state index contributed by atoms with van der Waals surface area (Å²) in [5.74, 6) is -0.129. The molecule has 37 heavy (non-hydrogen) atoms. The summed E-state index contributed by atoms with van der Waals surface area (Å²) in [7, 11) is 1.45. The van der Waals surface area contributed by atoms with Crippen molar-refractivity contribution in [1.82, 2.24) is 10.7 Å². The quantitative estimate of drug-likeness (QED) is 0.178. The van der Waals surface area contributed by atoms with Gasteiger partial charge in [0.1, 0.15) is 5.75 Å². The van der Waals surface area contributed by atoms with Crippen LogP contribution in [0.1, 0.15) is 45.2 Å². The van der Waals surface area contributed by atoms with Crippen LogP contribution in [-0.2, 0) is 4.79 Å². The molecular formula is C28H29N3O6. The average molecular weight is 504 g/mol. The smallest absolute Gasteiger partial charge is 0.343 e. The van der Waals surface area contributed by atoms with Gasteiger partial charge in [0.15, 0.2) is 11.5 Å². The van der Waals surface area contributed by atoms with Crippen molar-refractivity contribution in [2.24, 2.45) is 5.10 Å². The normalized spacial score (nSPS) is 10.6. The SMILES string of the molecule is CCCOc1ccc(C(=O)NCC(=O)NN=Cc2ccc(OC(=O)c3ccc(C)cc3)c(OC)c2)cc1. The third-order valence-electron chi connectivity index (χ3n) is 5.08. The van der Waals surface area contributed by atoms with Crippen molar-refractivity contribution in [2.45, 2.75) is 20.3 Å². The summed E-state index contributed by atoms with van der Waals surface area (Å²) in [6, 6.07) is 18.6. The van der Waals surface area contributed by atoms with Gasteiger partial charge in [-0.15, -0.1) is 0 Å². The Kier molecular flexibility index (Phi) is 9.78. The van der Waals surface area contributed by atoms with Gasteiger partial charge in [0.25, 0.3) is 11.8 Å². The van der Waals surface area contributed by atoms with E-state index in [0.29, 0.717) is 34.8 Å². The first kappa shape index (κ1) is 26.9. The molecule has 9 heteroatoms. The number of hydrogen-bond donors (Lipinski definition) is 2. The lowest BCUT2D eigenvalue weighted by atomic mass is 10.1. The molecule has 0 saturated carbocycles. The Morgan fingerprint density at radius 1 is 0.919 bits per heavy atom. The van der Waals surface area contributed by atoms with Gasteiger partial charge in [0, 0.05) is 5.56 Å². The van der Waals surface area contributed by atoms with Gasteiger partial charge in [-0.05, 0) is 73.5 Å². The predicted octanol–water partition coefficient (Wildman–Crippen LogP) is 3.89. The zero-order valence-corrected chi connectivity index (χ0v) is 20.9. The summed E-state index contributed by atoms with van der Waals surface area (Å²) in [6.45, 7) is 4.30. The zero-order valence-electron chi connectivity index (χ0n) is 20.9.